The van der Waals surface area contributed by atoms with E-state index in [1.165, 1.54) is 10.9 Å². The first-order valence-corrected chi connectivity index (χ1v) is 15.5. The van der Waals surface area contributed by atoms with Crippen molar-refractivity contribution in [3.05, 3.63) is 114 Å². The maximum atomic E-state index is 13.7. The molecular weight excluding hydrogens is 714 g/mol. The lowest BCUT2D eigenvalue weighted by molar-refractivity contribution is 0.269. The summed E-state index contributed by atoms with van der Waals surface area (Å²) in [7, 11) is 1.59. The van der Waals surface area contributed by atoms with E-state index in [1.54, 1.807) is 43.5 Å². The van der Waals surface area contributed by atoms with Gasteiger partial charge >= 0.3 is 0 Å². The fourth-order valence-electron chi connectivity index (χ4n) is 4.69. The Morgan fingerprint density at radius 1 is 0.977 bits per heavy atom. The van der Waals surface area contributed by atoms with Crippen molar-refractivity contribution in [1.82, 2.24) is 9.66 Å². The van der Waals surface area contributed by atoms with Crippen LogP contribution in [0.5, 0.6) is 17.2 Å². The molecule has 0 aliphatic heterocycles. The molecule has 0 N–H and O–H groups in total. The Hall–Kier alpha value is -4.12. The maximum absolute atomic E-state index is 13.7. The highest BCUT2D eigenvalue weighted by Crippen LogP contribution is 2.38. The number of aromatic nitrogens is 2. The summed E-state index contributed by atoms with van der Waals surface area (Å²) in [4.78, 5) is 18.5. The van der Waals surface area contributed by atoms with Crippen molar-refractivity contribution in [2.45, 2.75) is 13.5 Å². The molecule has 222 valence electrons. The normalized spacial score (nSPS) is 11.5. The van der Waals surface area contributed by atoms with Crippen molar-refractivity contribution in [2.24, 2.45) is 5.10 Å². The second-order valence-corrected chi connectivity index (χ2v) is 11.8. The summed E-state index contributed by atoms with van der Waals surface area (Å²) < 4.78 is 26.7. The first-order chi connectivity index (χ1) is 21.4. The first kappa shape index (κ1) is 29.9. The van der Waals surface area contributed by atoms with Crippen LogP contribution >= 0.6 is 43.5 Å². The molecule has 6 rings (SSSR count). The summed E-state index contributed by atoms with van der Waals surface area (Å²) in [5.74, 6) is 2.09. The number of nitrogens with zero attached hydrogens (tertiary/aromatic N) is 3. The van der Waals surface area contributed by atoms with Crippen LogP contribution in [0.2, 0.25) is 5.02 Å². The van der Waals surface area contributed by atoms with Gasteiger partial charge in [-0.05, 0) is 67.1 Å². The molecule has 44 heavy (non-hydrogen) atoms. The molecule has 0 atom stereocenters. The molecule has 0 bridgehead atoms. The molecule has 0 saturated heterocycles. The number of hydrogen-bond donors (Lipinski definition) is 0. The van der Waals surface area contributed by atoms with Crippen LogP contribution in [0.25, 0.3) is 33.5 Å². The van der Waals surface area contributed by atoms with Crippen molar-refractivity contribution >= 4 is 71.5 Å². The van der Waals surface area contributed by atoms with E-state index < -0.39 is 0 Å². The zero-order valence-corrected chi connectivity index (χ0v) is 27.4. The molecule has 0 radical (unpaired) electrons. The van der Waals surface area contributed by atoms with E-state index >= 15 is 0 Å². The van der Waals surface area contributed by atoms with Crippen LogP contribution in [0.15, 0.2) is 102 Å². The highest BCUT2D eigenvalue weighted by Gasteiger charge is 2.19. The Morgan fingerprint density at radius 3 is 2.61 bits per heavy atom. The van der Waals surface area contributed by atoms with Crippen molar-refractivity contribution in [3.63, 3.8) is 0 Å². The largest absolute Gasteiger partial charge is 0.496 e. The molecule has 0 spiro atoms. The van der Waals surface area contributed by atoms with Crippen molar-refractivity contribution in [1.29, 1.82) is 0 Å². The number of hydrogen-bond acceptors (Lipinski definition) is 7. The average molecular weight is 738 g/mol. The molecule has 0 aliphatic carbocycles. The zero-order chi connectivity index (χ0) is 30.8. The molecule has 6 aromatic rings. The number of furan rings is 1. The summed E-state index contributed by atoms with van der Waals surface area (Å²) in [5, 5.41) is 6.06. The van der Waals surface area contributed by atoms with Gasteiger partial charge < -0.3 is 18.6 Å². The van der Waals surface area contributed by atoms with Gasteiger partial charge in [-0.1, -0.05) is 67.7 Å². The predicted octanol–water partition coefficient (Wildman–Crippen LogP) is 8.86. The molecule has 2 heterocycles. The van der Waals surface area contributed by atoms with E-state index in [2.05, 4.69) is 37.0 Å². The summed E-state index contributed by atoms with van der Waals surface area (Å²) in [5.41, 5.74) is 2.29. The van der Waals surface area contributed by atoms with Gasteiger partial charge in [0.15, 0.2) is 17.3 Å². The number of rotatable bonds is 9. The summed E-state index contributed by atoms with van der Waals surface area (Å²) in [6.45, 7) is 2.53. The Kier molecular flexibility index (Phi) is 8.74. The van der Waals surface area contributed by atoms with E-state index in [-0.39, 0.29) is 18.0 Å². The lowest BCUT2D eigenvalue weighted by Gasteiger charge is -2.15. The highest BCUT2D eigenvalue weighted by atomic mass is 79.9. The third kappa shape index (κ3) is 5.97. The Bertz CT molecular complexity index is 2110. The molecule has 8 nitrogen and oxygen atoms in total. The van der Waals surface area contributed by atoms with Gasteiger partial charge in [0.25, 0.3) is 5.56 Å². The minimum absolute atomic E-state index is 0.236. The van der Waals surface area contributed by atoms with Crippen LogP contribution in [-0.4, -0.2) is 29.6 Å². The van der Waals surface area contributed by atoms with Crippen LogP contribution < -0.4 is 19.8 Å². The van der Waals surface area contributed by atoms with Crippen LogP contribution in [-0.2, 0) is 6.61 Å². The lowest BCUT2D eigenvalue weighted by Crippen LogP contribution is -2.20. The second-order valence-electron chi connectivity index (χ2n) is 9.58. The minimum atomic E-state index is -0.356. The highest BCUT2D eigenvalue weighted by molar-refractivity contribution is 9.11. The molecule has 0 fully saturated rings. The second kappa shape index (κ2) is 12.9. The van der Waals surface area contributed by atoms with Gasteiger partial charge in [-0.25, -0.2) is 4.98 Å². The fraction of sp³-hybridized carbons (Fsp3) is 0.121. The Morgan fingerprint density at radius 2 is 1.82 bits per heavy atom. The van der Waals surface area contributed by atoms with Crippen LogP contribution in [0.1, 0.15) is 18.1 Å². The number of para-hydroxylation sites is 1. The monoisotopic (exact) mass is 735 g/mol. The van der Waals surface area contributed by atoms with Gasteiger partial charge in [-0.3, -0.25) is 4.79 Å². The molecular formula is C33H24Br2ClN3O5. The molecule has 0 aliphatic rings. The summed E-state index contributed by atoms with van der Waals surface area (Å²) in [6, 6.07) is 23.7. The van der Waals surface area contributed by atoms with Gasteiger partial charge in [-0.15, -0.1) is 0 Å². The minimum Gasteiger partial charge on any atom is -0.496 e. The van der Waals surface area contributed by atoms with Crippen molar-refractivity contribution < 1.29 is 18.6 Å². The zero-order valence-electron chi connectivity index (χ0n) is 23.5. The summed E-state index contributed by atoms with van der Waals surface area (Å²) >= 11 is 13.7. The van der Waals surface area contributed by atoms with Gasteiger partial charge in [0.2, 0.25) is 5.82 Å². The van der Waals surface area contributed by atoms with E-state index in [9.17, 15) is 4.79 Å². The van der Waals surface area contributed by atoms with Gasteiger partial charge in [0.05, 0.1) is 41.2 Å². The Balaban J connectivity index is 1.41. The number of halogens is 3. The smallest absolute Gasteiger partial charge is 0.282 e. The van der Waals surface area contributed by atoms with Gasteiger partial charge in [0.1, 0.15) is 17.9 Å². The molecule has 0 unspecified atom stereocenters. The number of ether oxygens (including phenoxy) is 3. The predicted molar refractivity (Wildman–Crippen MR) is 180 cm³/mol. The standard InChI is InChI=1S/C33H24Br2ClN3O5/c1-3-42-29-14-19(13-25(36)31(29)43-18-20-11-12-21(34)15-24(20)35)17-37-39-32(38-26-8-5-4-7-22(26)33(39)40)30-16-23-27(41-2)9-6-10-28(23)44-30/h4-17H,3,18H2,1-2H3. The lowest BCUT2D eigenvalue weighted by atomic mass is 10.2. The number of benzene rings is 4. The Labute approximate surface area is 274 Å². The molecule has 0 saturated carbocycles. The van der Waals surface area contributed by atoms with Gasteiger partial charge in [0, 0.05) is 14.5 Å². The van der Waals surface area contributed by atoms with E-state index in [0.29, 0.717) is 56.7 Å². The maximum Gasteiger partial charge on any atom is 0.282 e. The van der Waals surface area contributed by atoms with Crippen molar-refractivity contribution in [3.8, 4) is 28.8 Å². The molecule has 2 aromatic heterocycles. The molecule has 4 aromatic carbocycles. The number of methoxy groups -OCH3 is 1. The van der Waals surface area contributed by atoms with Crippen molar-refractivity contribution in [2.75, 3.05) is 13.7 Å². The topological polar surface area (TPSA) is 88.1 Å². The molecule has 0 amide bonds. The van der Waals surface area contributed by atoms with E-state index in [4.69, 9.17) is 35.2 Å². The van der Waals surface area contributed by atoms with Crippen LogP contribution in [0.4, 0.5) is 0 Å². The van der Waals surface area contributed by atoms with Gasteiger partial charge in [-0.2, -0.15) is 9.78 Å². The third-order valence-corrected chi connectivity index (χ3v) is 8.27. The SMILES string of the molecule is CCOc1cc(C=Nn2c(-c3cc4c(OC)cccc4o3)nc3ccccc3c2=O)cc(Cl)c1OCc1ccc(Br)cc1Br. The number of fused-ring (bicyclic) bond motifs is 2. The average Bonchev–Trinajstić information content (AvgIpc) is 3.46. The van der Waals surface area contributed by atoms with Crippen LogP contribution in [0, 0.1) is 0 Å². The first-order valence-electron chi connectivity index (χ1n) is 13.5. The summed E-state index contributed by atoms with van der Waals surface area (Å²) in [6.07, 6.45) is 1.52. The van der Waals surface area contributed by atoms with E-state index in [0.717, 1.165) is 19.9 Å². The van der Waals surface area contributed by atoms with Crippen LogP contribution in [0.3, 0.4) is 0 Å². The third-order valence-electron chi connectivity index (χ3n) is 6.76. The quantitative estimate of drug-likeness (QED) is 0.138. The van der Waals surface area contributed by atoms with E-state index in [1.807, 2.05) is 49.4 Å². The molecule has 11 heteroatoms. The fourth-order valence-corrected chi connectivity index (χ4v) is 6.13.